The van der Waals surface area contributed by atoms with E-state index in [0.29, 0.717) is 28.5 Å². The first-order valence-corrected chi connectivity index (χ1v) is 8.75. The number of benzene rings is 2. The molecule has 0 heterocycles. The minimum Gasteiger partial charge on any atom is -0.493 e. The van der Waals surface area contributed by atoms with Gasteiger partial charge in [0, 0.05) is 17.5 Å². The predicted molar refractivity (Wildman–Crippen MR) is 100 cm³/mol. The van der Waals surface area contributed by atoms with E-state index < -0.39 is 0 Å². The van der Waals surface area contributed by atoms with Crippen molar-refractivity contribution in [1.82, 2.24) is 0 Å². The van der Waals surface area contributed by atoms with Gasteiger partial charge in [-0.3, -0.25) is 4.79 Å². The molecule has 0 saturated carbocycles. The molecule has 130 valence electrons. The van der Waals surface area contributed by atoms with Gasteiger partial charge in [-0.1, -0.05) is 12.1 Å². The maximum Gasteiger partial charge on any atom is 0.237 e. The van der Waals surface area contributed by atoms with Crippen LogP contribution in [0.25, 0.3) is 0 Å². The Morgan fingerprint density at radius 2 is 1.84 bits per heavy atom. The molecule has 6 heteroatoms. The van der Waals surface area contributed by atoms with E-state index in [1.54, 1.807) is 44.6 Å². The molecule has 2 aromatic carbocycles. The summed E-state index contributed by atoms with van der Waals surface area (Å²) >= 11 is 1.54. The van der Waals surface area contributed by atoms with Crippen molar-refractivity contribution in [3.8, 4) is 17.6 Å². The summed E-state index contributed by atoms with van der Waals surface area (Å²) < 4.78 is 10.4. The number of nitriles is 1. The number of amides is 1. The molecule has 0 aromatic heterocycles. The molecule has 0 spiro atoms. The summed E-state index contributed by atoms with van der Waals surface area (Å²) in [4.78, 5) is 12.3. The van der Waals surface area contributed by atoms with Crippen LogP contribution in [-0.4, -0.2) is 25.4 Å². The summed E-state index contributed by atoms with van der Waals surface area (Å²) in [6, 6.07) is 14.7. The first kappa shape index (κ1) is 18.7. The number of methoxy groups -OCH3 is 2. The van der Waals surface area contributed by atoms with Crippen molar-refractivity contribution in [2.75, 3.05) is 19.5 Å². The Balaban J connectivity index is 1.92. The van der Waals surface area contributed by atoms with Gasteiger partial charge >= 0.3 is 0 Å². The number of carbonyl (C=O) groups is 1. The van der Waals surface area contributed by atoms with Crippen LogP contribution < -0.4 is 14.8 Å². The van der Waals surface area contributed by atoms with Crippen LogP contribution in [0.3, 0.4) is 0 Å². The molecule has 0 saturated heterocycles. The van der Waals surface area contributed by atoms with E-state index in [1.165, 1.54) is 11.8 Å². The van der Waals surface area contributed by atoms with Gasteiger partial charge in [0.15, 0.2) is 11.5 Å². The second-order valence-electron chi connectivity index (χ2n) is 5.32. The second kappa shape index (κ2) is 9.00. The first-order chi connectivity index (χ1) is 12.1. The summed E-state index contributed by atoms with van der Waals surface area (Å²) in [6.07, 6.45) is 0. The fourth-order valence-electron chi connectivity index (χ4n) is 2.13. The molecule has 0 aliphatic carbocycles. The lowest BCUT2D eigenvalue weighted by Crippen LogP contribution is -2.22. The third-order valence-electron chi connectivity index (χ3n) is 3.60. The lowest BCUT2D eigenvalue weighted by Gasteiger charge is -2.14. The van der Waals surface area contributed by atoms with Crippen molar-refractivity contribution in [1.29, 1.82) is 5.26 Å². The Hall–Kier alpha value is -2.65. The number of anilines is 1. The van der Waals surface area contributed by atoms with Crippen LogP contribution in [0, 0.1) is 11.3 Å². The molecule has 25 heavy (non-hydrogen) atoms. The molecule has 1 atom stereocenters. The van der Waals surface area contributed by atoms with Gasteiger partial charge in [-0.15, -0.1) is 11.8 Å². The zero-order valence-electron chi connectivity index (χ0n) is 14.4. The topological polar surface area (TPSA) is 71.3 Å². The van der Waals surface area contributed by atoms with E-state index in [9.17, 15) is 4.79 Å². The molecular formula is C19H20N2O3S. The molecule has 2 aromatic rings. The van der Waals surface area contributed by atoms with Crippen LogP contribution in [-0.2, 0) is 10.5 Å². The number of nitrogens with one attached hydrogen (secondary N) is 1. The zero-order chi connectivity index (χ0) is 18.2. The number of rotatable bonds is 7. The number of hydrogen-bond acceptors (Lipinski definition) is 5. The largest absolute Gasteiger partial charge is 0.493 e. The number of nitrogens with zero attached hydrogens (tertiary/aromatic N) is 1. The highest BCUT2D eigenvalue weighted by Gasteiger charge is 2.15. The number of thioether (sulfide) groups is 1. The number of carbonyl (C=O) groups excluding carboxylic acids is 1. The minimum atomic E-state index is -0.219. The fraction of sp³-hybridized carbons (Fsp3) is 0.263. The van der Waals surface area contributed by atoms with Gasteiger partial charge in [-0.05, 0) is 36.8 Å². The average molecular weight is 356 g/mol. The van der Waals surface area contributed by atoms with E-state index in [0.717, 1.165) is 5.56 Å². The molecule has 0 fully saturated rings. The molecular weight excluding hydrogens is 336 g/mol. The van der Waals surface area contributed by atoms with Gasteiger partial charge in [-0.2, -0.15) is 5.26 Å². The van der Waals surface area contributed by atoms with Crippen molar-refractivity contribution < 1.29 is 14.3 Å². The number of ether oxygens (including phenoxy) is 2. The highest BCUT2D eigenvalue weighted by molar-refractivity contribution is 7.99. The molecule has 0 radical (unpaired) electrons. The van der Waals surface area contributed by atoms with Gasteiger partial charge in [-0.25, -0.2) is 0 Å². The van der Waals surface area contributed by atoms with Crippen molar-refractivity contribution in [2.45, 2.75) is 17.9 Å². The summed E-state index contributed by atoms with van der Waals surface area (Å²) in [6.45, 7) is 1.87. The summed E-state index contributed by atoms with van der Waals surface area (Å²) in [5.41, 5.74) is 2.37. The van der Waals surface area contributed by atoms with Crippen LogP contribution >= 0.6 is 11.8 Å². The van der Waals surface area contributed by atoms with Crippen LogP contribution in [0.1, 0.15) is 18.1 Å². The van der Waals surface area contributed by atoms with E-state index in [1.807, 2.05) is 19.1 Å². The van der Waals surface area contributed by atoms with Crippen LogP contribution in [0.4, 0.5) is 5.69 Å². The van der Waals surface area contributed by atoms with Gasteiger partial charge in [0.05, 0.1) is 31.1 Å². The molecule has 1 amide bonds. The third-order valence-corrected chi connectivity index (χ3v) is 4.82. The minimum absolute atomic E-state index is 0.0779. The van der Waals surface area contributed by atoms with E-state index >= 15 is 0 Å². The second-order valence-corrected chi connectivity index (χ2v) is 6.65. The monoisotopic (exact) mass is 356 g/mol. The molecule has 0 bridgehead atoms. The molecule has 5 nitrogen and oxygen atoms in total. The Morgan fingerprint density at radius 3 is 2.44 bits per heavy atom. The van der Waals surface area contributed by atoms with Crippen LogP contribution in [0.2, 0.25) is 0 Å². The van der Waals surface area contributed by atoms with Crippen molar-refractivity contribution in [3.05, 3.63) is 53.6 Å². The first-order valence-electron chi connectivity index (χ1n) is 7.71. The van der Waals surface area contributed by atoms with Crippen LogP contribution in [0.5, 0.6) is 11.5 Å². The summed E-state index contributed by atoms with van der Waals surface area (Å²) in [5.74, 6) is 1.81. The lowest BCUT2D eigenvalue weighted by atomic mass is 10.2. The quantitative estimate of drug-likeness (QED) is 0.816. The summed E-state index contributed by atoms with van der Waals surface area (Å²) in [5, 5.41) is 11.5. The van der Waals surface area contributed by atoms with Crippen molar-refractivity contribution in [3.63, 3.8) is 0 Å². The van der Waals surface area contributed by atoms with Crippen molar-refractivity contribution in [2.24, 2.45) is 0 Å². The Morgan fingerprint density at radius 1 is 1.16 bits per heavy atom. The summed E-state index contributed by atoms with van der Waals surface area (Å²) in [7, 11) is 3.12. The van der Waals surface area contributed by atoms with E-state index in [2.05, 4.69) is 11.4 Å². The van der Waals surface area contributed by atoms with Gasteiger partial charge in [0.25, 0.3) is 0 Å². The van der Waals surface area contributed by atoms with E-state index in [4.69, 9.17) is 14.7 Å². The van der Waals surface area contributed by atoms with Gasteiger partial charge in [0.1, 0.15) is 0 Å². The van der Waals surface area contributed by atoms with Crippen LogP contribution in [0.15, 0.2) is 42.5 Å². The van der Waals surface area contributed by atoms with Gasteiger partial charge < -0.3 is 14.8 Å². The van der Waals surface area contributed by atoms with E-state index in [-0.39, 0.29) is 11.2 Å². The molecule has 0 aliphatic rings. The third kappa shape index (κ3) is 5.16. The molecule has 0 aliphatic heterocycles. The molecule has 1 unspecified atom stereocenters. The predicted octanol–water partition coefficient (Wildman–Crippen LogP) is 3.84. The fourth-order valence-corrected chi connectivity index (χ4v) is 2.98. The number of hydrogen-bond donors (Lipinski definition) is 1. The van der Waals surface area contributed by atoms with Crippen molar-refractivity contribution >= 4 is 23.4 Å². The molecule has 2 rings (SSSR count). The Kier molecular flexibility index (Phi) is 6.72. The standard InChI is InChI=1S/C19H20N2O3S/c1-13(25-12-15-6-4-14(11-20)5-7-15)19(22)21-16-8-9-17(23-2)18(10-16)24-3/h4-10,13H,12H2,1-3H3,(H,21,22). The Bertz CT molecular complexity index is 769. The SMILES string of the molecule is COc1ccc(NC(=O)C(C)SCc2ccc(C#N)cc2)cc1OC. The van der Waals surface area contributed by atoms with Gasteiger partial charge in [0.2, 0.25) is 5.91 Å². The lowest BCUT2D eigenvalue weighted by molar-refractivity contribution is -0.115. The maximum atomic E-state index is 12.3. The Labute approximate surface area is 151 Å². The normalized spacial score (nSPS) is 11.3. The maximum absolute atomic E-state index is 12.3. The average Bonchev–Trinajstić information content (AvgIpc) is 2.66. The highest BCUT2D eigenvalue weighted by Crippen LogP contribution is 2.30. The highest BCUT2D eigenvalue weighted by atomic mass is 32.2. The molecule has 1 N–H and O–H groups in total. The zero-order valence-corrected chi connectivity index (χ0v) is 15.2. The smallest absolute Gasteiger partial charge is 0.237 e.